The minimum Gasteiger partial charge on any atom is -0.487 e. The fourth-order valence-corrected chi connectivity index (χ4v) is 14.7. The van der Waals surface area contributed by atoms with Crippen molar-refractivity contribution < 1.29 is 59.9 Å². The third kappa shape index (κ3) is 27.6. The monoisotopic (exact) mass is 1080 g/mol. The van der Waals surface area contributed by atoms with E-state index in [1.54, 1.807) is 0 Å². The minimum atomic E-state index is -3.59. The van der Waals surface area contributed by atoms with E-state index in [1.165, 1.54) is 19.3 Å². The Kier molecular flexibility index (Phi) is 36.5. The van der Waals surface area contributed by atoms with Crippen LogP contribution in [0.15, 0.2) is 0 Å². The SMILES string of the molecule is CCCCCCCC(=S)OCCC[Si]1(OCC(CC)(COC(=O)NCCCCCC)C(COC(=O)NCCCCCC)O[Si]2(CCCS)OCCCO2)OCC(CC)(COC(=O)NCCCCCC)CO1. The second-order valence-electron chi connectivity index (χ2n) is 19.5. The summed E-state index contributed by atoms with van der Waals surface area (Å²) in [6.45, 7) is 15.6. The topological polar surface area (TPSA) is 180 Å². The number of amides is 3. The number of rotatable bonds is 42. The van der Waals surface area contributed by atoms with Crippen LogP contribution in [0.25, 0.3) is 0 Å². The average molecular weight is 1080 g/mol. The lowest BCUT2D eigenvalue weighted by atomic mass is 9.81. The van der Waals surface area contributed by atoms with Gasteiger partial charge in [0.1, 0.15) is 19.8 Å². The molecule has 2 aliphatic rings. The van der Waals surface area contributed by atoms with Crippen molar-refractivity contribution in [2.75, 3.05) is 84.8 Å². The van der Waals surface area contributed by atoms with Crippen LogP contribution in [-0.4, -0.2) is 132 Å². The maximum absolute atomic E-state index is 13.5. The Morgan fingerprint density at radius 3 is 1.68 bits per heavy atom. The third-order valence-corrected chi connectivity index (χ3v) is 19.7. The molecule has 2 fully saturated rings. The zero-order chi connectivity index (χ0) is 51.9. The number of thiocarbonyl (C=S) groups is 1. The van der Waals surface area contributed by atoms with Crippen molar-refractivity contribution in [2.24, 2.45) is 10.8 Å². The van der Waals surface area contributed by atoms with E-state index < -0.39 is 52.8 Å². The van der Waals surface area contributed by atoms with E-state index >= 15 is 0 Å². The summed E-state index contributed by atoms with van der Waals surface area (Å²) in [5.41, 5.74) is -1.73. The molecule has 0 spiro atoms. The number of carbonyl (C=O) groups excluding carboxylic acids is 3. The molecule has 0 saturated carbocycles. The summed E-state index contributed by atoms with van der Waals surface area (Å²) >= 11 is 10.1. The van der Waals surface area contributed by atoms with Gasteiger partial charge in [-0.3, -0.25) is 0 Å². The molecule has 71 heavy (non-hydrogen) atoms. The second-order valence-corrected chi connectivity index (χ2v) is 25.8. The van der Waals surface area contributed by atoms with Crippen molar-refractivity contribution in [1.29, 1.82) is 0 Å². The number of nitrogens with one attached hydrogen (secondary N) is 3. The van der Waals surface area contributed by atoms with Crippen LogP contribution in [0.3, 0.4) is 0 Å². The fourth-order valence-electron chi connectivity index (χ4n) is 8.27. The molecule has 2 unspecified atom stereocenters. The van der Waals surface area contributed by atoms with E-state index in [0.717, 1.165) is 96.3 Å². The summed E-state index contributed by atoms with van der Waals surface area (Å²) < 4.78 is 64.8. The molecule has 3 N–H and O–H groups in total. The largest absolute Gasteiger partial charge is 0.501 e. The van der Waals surface area contributed by atoms with Crippen molar-refractivity contribution in [3.05, 3.63) is 0 Å². The molecular weight excluding hydrogens is 983 g/mol. The average Bonchev–Trinajstić information content (AvgIpc) is 3.38. The zero-order valence-electron chi connectivity index (χ0n) is 45.1. The normalized spacial score (nSPS) is 20.0. The van der Waals surface area contributed by atoms with Crippen molar-refractivity contribution >= 4 is 65.8 Å². The van der Waals surface area contributed by atoms with Gasteiger partial charge >= 0.3 is 35.9 Å². The first-order chi connectivity index (χ1) is 34.4. The Morgan fingerprint density at radius 1 is 0.620 bits per heavy atom. The van der Waals surface area contributed by atoms with Crippen LogP contribution < -0.4 is 16.0 Å². The van der Waals surface area contributed by atoms with Gasteiger partial charge in [-0.15, -0.1) is 0 Å². The molecule has 2 atom stereocenters. The molecule has 2 heterocycles. The highest BCUT2D eigenvalue weighted by atomic mass is 32.1. The predicted octanol–water partition coefficient (Wildman–Crippen LogP) is 11.9. The van der Waals surface area contributed by atoms with E-state index in [2.05, 4.69) is 56.3 Å². The molecule has 0 aromatic carbocycles. The van der Waals surface area contributed by atoms with Crippen LogP contribution in [0.5, 0.6) is 0 Å². The lowest BCUT2D eigenvalue weighted by Gasteiger charge is -2.47. The molecule has 20 heteroatoms. The first kappa shape index (κ1) is 65.4. The Balaban J connectivity index is 2.51. The third-order valence-electron chi connectivity index (χ3n) is 13.4. The van der Waals surface area contributed by atoms with E-state index in [9.17, 15) is 14.4 Å². The number of hydrogen-bond acceptors (Lipinski definition) is 15. The maximum atomic E-state index is 13.5. The molecule has 0 aromatic heterocycles. The van der Waals surface area contributed by atoms with Crippen LogP contribution in [0, 0.1) is 10.8 Å². The molecule has 416 valence electrons. The van der Waals surface area contributed by atoms with Crippen LogP contribution in [0.2, 0.25) is 12.1 Å². The number of unbranched alkanes of at least 4 members (excludes halogenated alkanes) is 13. The lowest BCUT2D eigenvalue weighted by molar-refractivity contribution is -0.124. The lowest BCUT2D eigenvalue weighted by Crippen LogP contribution is -2.61. The summed E-state index contributed by atoms with van der Waals surface area (Å²) in [6.07, 6.45) is 19.0. The summed E-state index contributed by atoms with van der Waals surface area (Å²) in [4.78, 5) is 39.6. The quantitative estimate of drug-likeness (QED) is 0.0149. The van der Waals surface area contributed by atoms with Gasteiger partial charge in [-0.1, -0.05) is 125 Å². The second kappa shape index (κ2) is 39.6. The van der Waals surface area contributed by atoms with Gasteiger partial charge in [0, 0.05) is 76.6 Å². The van der Waals surface area contributed by atoms with Crippen molar-refractivity contribution in [3.8, 4) is 0 Å². The van der Waals surface area contributed by atoms with E-state index in [-0.39, 0.29) is 39.6 Å². The highest BCUT2D eigenvalue weighted by Gasteiger charge is 2.55. The van der Waals surface area contributed by atoms with Crippen molar-refractivity contribution in [3.63, 3.8) is 0 Å². The molecular formula is C51H99N3O13S2Si2. The number of ether oxygens (including phenoxy) is 4. The van der Waals surface area contributed by atoms with E-state index in [1.807, 2.05) is 13.8 Å². The van der Waals surface area contributed by atoms with Crippen molar-refractivity contribution in [2.45, 2.75) is 207 Å². The van der Waals surface area contributed by atoms with Gasteiger partial charge in [-0.25, -0.2) is 14.4 Å². The molecule has 3 amide bonds. The number of carbonyl (C=O) groups is 3. The van der Waals surface area contributed by atoms with Gasteiger partial charge in [0.05, 0.1) is 18.1 Å². The molecule has 2 saturated heterocycles. The van der Waals surface area contributed by atoms with Gasteiger partial charge in [0.25, 0.3) is 0 Å². The van der Waals surface area contributed by atoms with Crippen LogP contribution >= 0.6 is 24.8 Å². The predicted molar refractivity (Wildman–Crippen MR) is 291 cm³/mol. The molecule has 0 aliphatic carbocycles. The summed E-state index contributed by atoms with van der Waals surface area (Å²) in [5.74, 6) is 0.597. The Hall–Kier alpha value is -1.76. The molecule has 0 bridgehead atoms. The number of alkyl carbamates (subject to hydrolysis) is 3. The first-order valence-corrected chi connectivity index (χ1v) is 32.7. The number of hydrogen-bond donors (Lipinski definition) is 4. The summed E-state index contributed by atoms with van der Waals surface area (Å²) in [5, 5.41) is 9.30. The Bertz CT molecular complexity index is 1420. The van der Waals surface area contributed by atoms with Crippen LogP contribution in [-0.2, 0) is 45.5 Å². The highest BCUT2D eigenvalue weighted by Crippen LogP contribution is 2.39. The smallest absolute Gasteiger partial charge is 0.487 e. The molecule has 16 nitrogen and oxygen atoms in total. The standard InChI is InChI=1S/C51H99N3O13S2Si2/c1-7-13-17-21-22-29-46(69)58-33-27-37-70(64-41-50(11-5,42-65-70)40-60-48(56)53-31-24-19-15-9-3)66-44-51(12-6,43-61-49(57)54-32-25-20-16-10-4)45(39-59-47(55)52-30-23-18-14-8-2)67-71(38-28-36-68)62-34-26-35-63-71/h45,68H,7-44H2,1-6H3,(H,52,55)(H,53,56)(H,54,57). The van der Waals surface area contributed by atoms with Gasteiger partial charge in [-0.2, -0.15) is 12.6 Å². The van der Waals surface area contributed by atoms with E-state index in [0.29, 0.717) is 94.5 Å². The van der Waals surface area contributed by atoms with Crippen LogP contribution in [0.1, 0.15) is 189 Å². The molecule has 0 radical (unpaired) electrons. The van der Waals surface area contributed by atoms with Crippen LogP contribution in [0.4, 0.5) is 14.4 Å². The summed E-state index contributed by atoms with van der Waals surface area (Å²) in [7, 11) is -6.98. The Morgan fingerprint density at radius 2 is 1.14 bits per heavy atom. The minimum absolute atomic E-state index is 0.0453. The fraction of sp³-hybridized carbons (Fsp3) is 0.922. The first-order valence-electron chi connectivity index (χ1n) is 27.8. The highest BCUT2D eigenvalue weighted by molar-refractivity contribution is 7.80. The van der Waals surface area contributed by atoms with Gasteiger partial charge < -0.3 is 61.5 Å². The number of thiol groups is 1. The molecule has 2 aliphatic heterocycles. The summed E-state index contributed by atoms with van der Waals surface area (Å²) in [6, 6.07) is 0.902. The molecule has 0 aromatic rings. The van der Waals surface area contributed by atoms with Gasteiger partial charge in [0.15, 0.2) is 5.05 Å². The van der Waals surface area contributed by atoms with Crippen molar-refractivity contribution in [1.82, 2.24) is 16.0 Å². The molecule has 2 rings (SSSR count). The maximum Gasteiger partial charge on any atom is 0.501 e. The van der Waals surface area contributed by atoms with Gasteiger partial charge in [-0.05, 0) is 75.8 Å². The zero-order valence-corrected chi connectivity index (χ0v) is 48.8. The van der Waals surface area contributed by atoms with Gasteiger partial charge in [0.2, 0.25) is 0 Å². The van der Waals surface area contributed by atoms with E-state index in [4.69, 9.17) is 57.7 Å². The Labute approximate surface area is 442 Å².